The van der Waals surface area contributed by atoms with Gasteiger partial charge in [0.1, 0.15) is 5.82 Å². The van der Waals surface area contributed by atoms with E-state index in [9.17, 15) is 13.2 Å². The van der Waals surface area contributed by atoms with Crippen LogP contribution in [0.1, 0.15) is 41.3 Å². The van der Waals surface area contributed by atoms with Gasteiger partial charge in [-0.15, -0.1) is 0 Å². The van der Waals surface area contributed by atoms with Gasteiger partial charge in [-0.1, -0.05) is 31.0 Å². The van der Waals surface area contributed by atoms with Gasteiger partial charge in [0, 0.05) is 32.7 Å². The van der Waals surface area contributed by atoms with Crippen molar-refractivity contribution < 1.29 is 13.2 Å². The number of hydrogen-bond acceptors (Lipinski definition) is 6. The summed E-state index contributed by atoms with van der Waals surface area (Å²) in [5.74, 6) is 0.326. The average Bonchev–Trinajstić information content (AvgIpc) is 2.74. The van der Waals surface area contributed by atoms with E-state index in [1.165, 1.54) is 6.20 Å². The minimum Gasteiger partial charge on any atom is -0.353 e. The van der Waals surface area contributed by atoms with Crippen molar-refractivity contribution in [3.05, 3.63) is 47.2 Å². The molecule has 1 aromatic heterocycles. The molecule has 2 heterocycles. The molecule has 1 aromatic carbocycles. The van der Waals surface area contributed by atoms with E-state index in [4.69, 9.17) is 0 Å². The van der Waals surface area contributed by atoms with E-state index in [0.29, 0.717) is 23.5 Å². The Hall–Kier alpha value is -2.65. The number of amides is 1. The maximum Gasteiger partial charge on any atom is 0.262 e. The number of hydrogen-bond donors (Lipinski definition) is 3. The summed E-state index contributed by atoms with van der Waals surface area (Å²) in [7, 11) is -3.81. The van der Waals surface area contributed by atoms with Gasteiger partial charge in [0.05, 0.1) is 22.3 Å². The monoisotopic (exact) mass is 445 g/mol. The van der Waals surface area contributed by atoms with E-state index in [1.54, 1.807) is 25.1 Å². The molecule has 9 heteroatoms. The number of nitrogens with one attached hydrogen (secondary N) is 3. The van der Waals surface area contributed by atoms with Gasteiger partial charge in [-0.3, -0.25) is 9.52 Å². The van der Waals surface area contributed by atoms with E-state index >= 15 is 0 Å². The SMILES string of the molecule is CCCCNC(=O)c1cc(NS(=O)(=O)c2ccc(C)cc2C)cnc1N1CCNCC1. The molecule has 1 fully saturated rings. The first kappa shape index (κ1) is 23.0. The lowest BCUT2D eigenvalue weighted by molar-refractivity contribution is 0.0953. The smallest absolute Gasteiger partial charge is 0.262 e. The zero-order chi connectivity index (χ0) is 22.4. The van der Waals surface area contributed by atoms with Crippen LogP contribution in [0, 0.1) is 13.8 Å². The molecule has 1 saturated heterocycles. The first-order valence-electron chi connectivity index (χ1n) is 10.7. The molecule has 0 spiro atoms. The van der Waals surface area contributed by atoms with Crippen LogP contribution >= 0.6 is 0 Å². The molecule has 8 nitrogen and oxygen atoms in total. The van der Waals surface area contributed by atoms with Crippen LogP contribution in [0.2, 0.25) is 0 Å². The Kier molecular flexibility index (Phi) is 7.50. The Labute approximate surface area is 184 Å². The summed E-state index contributed by atoms with van der Waals surface area (Å²) >= 11 is 0. The van der Waals surface area contributed by atoms with Crippen LogP contribution in [0.4, 0.5) is 11.5 Å². The van der Waals surface area contributed by atoms with Crippen molar-refractivity contribution in [2.75, 3.05) is 42.3 Å². The van der Waals surface area contributed by atoms with Crippen LogP contribution in [-0.2, 0) is 10.0 Å². The fourth-order valence-corrected chi connectivity index (χ4v) is 4.86. The van der Waals surface area contributed by atoms with Crippen molar-refractivity contribution in [3.8, 4) is 0 Å². The molecule has 168 valence electrons. The van der Waals surface area contributed by atoms with Crippen molar-refractivity contribution in [2.24, 2.45) is 0 Å². The minimum absolute atomic E-state index is 0.207. The fraction of sp³-hybridized carbons (Fsp3) is 0.455. The fourth-order valence-electron chi connectivity index (χ4n) is 3.59. The minimum atomic E-state index is -3.81. The van der Waals surface area contributed by atoms with Crippen LogP contribution in [0.5, 0.6) is 0 Å². The van der Waals surface area contributed by atoms with E-state index < -0.39 is 10.0 Å². The van der Waals surface area contributed by atoms with Crippen LogP contribution < -0.4 is 20.3 Å². The Morgan fingerprint density at radius 1 is 1.19 bits per heavy atom. The number of unbranched alkanes of at least 4 members (excludes halogenated alkanes) is 1. The third-order valence-corrected chi connectivity index (χ3v) is 6.76. The quantitative estimate of drug-likeness (QED) is 0.539. The van der Waals surface area contributed by atoms with Crippen molar-refractivity contribution >= 4 is 27.4 Å². The van der Waals surface area contributed by atoms with Crippen LogP contribution in [0.25, 0.3) is 0 Å². The van der Waals surface area contributed by atoms with Crippen LogP contribution in [-0.4, -0.2) is 52.0 Å². The number of benzene rings is 1. The van der Waals surface area contributed by atoms with Crippen molar-refractivity contribution in [1.82, 2.24) is 15.6 Å². The summed E-state index contributed by atoms with van der Waals surface area (Å²) in [6, 6.07) is 6.76. The number of nitrogens with zero attached hydrogens (tertiary/aromatic N) is 2. The molecule has 0 aliphatic carbocycles. The predicted molar refractivity (Wildman–Crippen MR) is 123 cm³/mol. The molecule has 2 aromatic rings. The third kappa shape index (κ3) is 5.74. The molecule has 1 amide bonds. The second-order valence-corrected chi connectivity index (χ2v) is 9.47. The summed E-state index contributed by atoms with van der Waals surface area (Å²) < 4.78 is 28.5. The lowest BCUT2D eigenvalue weighted by Gasteiger charge is -2.30. The topological polar surface area (TPSA) is 103 Å². The lowest BCUT2D eigenvalue weighted by Crippen LogP contribution is -2.44. The maximum absolute atomic E-state index is 13.0. The number of carbonyl (C=O) groups is 1. The van der Waals surface area contributed by atoms with Gasteiger partial charge in [-0.2, -0.15) is 0 Å². The van der Waals surface area contributed by atoms with Gasteiger partial charge in [-0.05, 0) is 38.0 Å². The standard InChI is InChI=1S/C22H31N5O3S/c1-4-5-8-24-22(28)19-14-18(15-25-21(19)27-11-9-23-10-12-27)26-31(29,30)20-7-6-16(2)13-17(20)3/h6-7,13-15,23,26H,4-5,8-12H2,1-3H3,(H,24,28). The van der Waals surface area contributed by atoms with Gasteiger partial charge in [0.2, 0.25) is 0 Å². The second kappa shape index (κ2) is 10.1. The van der Waals surface area contributed by atoms with Gasteiger partial charge in [0.15, 0.2) is 0 Å². The van der Waals surface area contributed by atoms with Crippen molar-refractivity contribution in [2.45, 2.75) is 38.5 Å². The second-order valence-electron chi connectivity index (χ2n) is 7.82. The van der Waals surface area contributed by atoms with Gasteiger partial charge in [0.25, 0.3) is 15.9 Å². The molecule has 0 atom stereocenters. The molecule has 3 N–H and O–H groups in total. The highest BCUT2D eigenvalue weighted by atomic mass is 32.2. The Bertz CT molecular complexity index is 1030. The maximum atomic E-state index is 13.0. The first-order chi connectivity index (χ1) is 14.8. The van der Waals surface area contributed by atoms with E-state index in [2.05, 4.69) is 27.3 Å². The molecule has 1 aliphatic rings. The number of sulfonamides is 1. The zero-order valence-electron chi connectivity index (χ0n) is 18.4. The van der Waals surface area contributed by atoms with E-state index in [-0.39, 0.29) is 16.5 Å². The molecule has 1 aliphatic heterocycles. The molecule has 0 radical (unpaired) electrons. The normalized spacial score (nSPS) is 14.4. The predicted octanol–water partition coefficient (Wildman–Crippen LogP) is 2.44. The third-order valence-electron chi connectivity index (χ3n) is 5.22. The number of aryl methyl sites for hydroxylation is 2. The molecule has 3 rings (SSSR count). The molecule has 31 heavy (non-hydrogen) atoms. The average molecular weight is 446 g/mol. The Morgan fingerprint density at radius 2 is 1.94 bits per heavy atom. The van der Waals surface area contributed by atoms with Gasteiger partial charge < -0.3 is 15.5 Å². The summed E-state index contributed by atoms with van der Waals surface area (Å²) in [6.45, 7) is 9.38. The number of anilines is 2. The van der Waals surface area contributed by atoms with Gasteiger partial charge >= 0.3 is 0 Å². The number of aromatic nitrogens is 1. The molecular formula is C22H31N5O3S. The zero-order valence-corrected chi connectivity index (χ0v) is 19.2. The van der Waals surface area contributed by atoms with Crippen LogP contribution in [0.15, 0.2) is 35.4 Å². The summed E-state index contributed by atoms with van der Waals surface area (Å²) in [5.41, 5.74) is 2.29. The highest BCUT2D eigenvalue weighted by Gasteiger charge is 2.23. The first-order valence-corrected chi connectivity index (χ1v) is 12.1. The molecule has 0 saturated carbocycles. The highest BCUT2D eigenvalue weighted by molar-refractivity contribution is 7.92. The van der Waals surface area contributed by atoms with E-state index in [1.807, 2.05) is 17.9 Å². The van der Waals surface area contributed by atoms with Crippen molar-refractivity contribution in [1.29, 1.82) is 0 Å². The van der Waals surface area contributed by atoms with Crippen LogP contribution in [0.3, 0.4) is 0 Å². The Morgan fingerprint density at radius 3 is 2.61 bits per heavy atom. The summed E-state index contributed by atoms with van der Waals surface area (Å²) in [5, 5.41) is 6.20. The lowest BCUT2D eigenvalue weighted by atomic mass is 10.2. The molecule has 0 unspecified atom stereocenters. The number of rotatable bonds is 8. The van der Waals surface area contributed by atoms with E-state index in [0.717, 1.165) is 44.6 Å². The molecular weight excluding hydrogens is 414 g/mol. The highest BCUT2D eigenvalue weighted by Crippen LogP contribution is 2.25. The summed E-state index contributed by atoms with van der Waals surface area (Å²) in [6.07, 6.45) is 3.32. The van der Waals surface area contributed by atoms with Gasteiger partial charge in [-0.25, -0.2) is 13.4 Å². The number of pyridine rings is 1. The Balaban J connectivity index is 1.91. The number of piperazine rings is 1. The number of carbonyl (C=O) groups excluding carboxylic acids is 1. The summed E-state index contributed by atoms with van der Waals surface area (Å²) in [4.78, 5) is 19.6. The molecule has 0 bridgehead atoms. The van der Waals surface area contributed by atoms with Crippen molar-refractivity contribution in [3.63, 3.8) is 0 Å². The largest absolute Gasteiger partial charge is 0.353 e.